The van der Waals surface area contributed by atoms with Crippen LogP contribution in [-0.2, 0) is 0 Å². The number of hydrogen-bond acceptors (Lipinski definition) is 2. The molecule has 0 aliphatic carbocycles. The van der Waals surface area contributed by atoms with Gasteiger partial charge in [-0.1, -0.05) is 58.8 Å². The molecular weight excluding hydrogens is 244 g/mol. The third-order valence-corrected chi connectivity index (χ3v) is 5.37. The summed E-state index contributed by atoms with van der Waals surface area (Å²) in [5.41, 5.74) is 0. The molecule has 0 bridgehead atoms. The molecule has 1 aliphatic heterocycles. The molecule has 1 saturated heterocycles. The molecule has 0 radical (unpaired) electrons. The van der Waals surface area contributed by atoms with Gasteiger partial charge in [0.25, 0.3) is 0 Å². The Morgan fingerprint density at radius 3 is 2.15 bits per heavy atom. The zero-order valence-corrected chi connectivity index (χ0v) is 14.5. The lowest BCUT2D eigenvalue weighted by Gasteiger charge is -2.42. The Morgan fingerprint density at radius 1 is 0.950 bits per heavy atom. The summed E-state index contributed by atoms with van der Waals surface area (Å²) < 4.78 is 0. The smallest absolute Gasteiger partial charge is 0.0117 e. The summed E-state index contributed by atoms with van der Waals surface area (Å²) in [4.78, 5) is 2.72. The Hall–Kier alpha value is -0.0800. The van der Waals surface area contributed by atoms with Gasteiger partial charge in [0, 0.05) is 12.1 Å². The Morgan fingerprint density at radius 2 is 1.55 bits per heavy atom. The number of nitrogens with one attached hydrogen (secondary N) is 1. The van der Waals surface area contributed by atoms with Gasteiger partial charge in [-0.2, -0.15) is 0 Å². The van der Waals surface area contributed by atoms with Gasteiger partial charge in [0.2, 0.25) is 0 Å². The van der Waals surface area contributed by atoms with Crippen LogP contribution in [0, 0.1) is 5.92 Å². The summed E-state index contributed by atoms with van der Waals surface area (Å²) in [7, 11) is 2.11. The second kappa shape index (κ2) is 10.6. The van der Waals surface area contributed by atoms with Gasteiger partial charge in [0.05, 0.1) is 0 Å². The van der Waals surface area contributed by atoms with Gasteiger partial charge >= 0.3 is 0 Å². The van der Waals surface area contributed by atoms with Crippen molar-refractivity contribution in [2.45, 2.75) is 90.6 Å². The van der Waals surface area contributed by atoms with E-state index in [4.69, 9.17) is 0 Å². The molecule has 0 amide bonds. The molecule has 1 rings (SSSR count). The first kappa shape index (κ1) is 18.0. The summed E-state index contributed by atoms with van der Waals surface area (Å²) in [5, 5.41) is 3.48. The van der Waals surface area contributed by atoms with E-state index in [0.717, 1.165) is 18.0 Å². The monoisotopic (exact) mass is 282 g/mol. The number of rotatable bonds is 10. The minimum atomic E-state index is 0.722. The van der Waals surface area contributed by atoms with Gasteiger partial charge in [0.1, 0.15) is 0 Å². The number of unbranched alkanes of at least 4 members (excludes halogenated alkanes) is 7. The number of hydrogen-bond donors (Lipinski definition) is 1. The Bertz CT molecular complexity index is 229. The van der Waals surface area contributed by atoms with Crippen molar-refractivity contribution >= 4 is 0 Å². The Balaban J connectivity index is 2.04. The van der Waals surface area contributed by atoms with Crippen molar-refractivity contribution in [1.29, 1.82) is 0 Å². The van der Waals surface area contributed by atoms with Gasteiger partial charge < -0.3 is 10.2 Å². The fourth-order valence-corrected chi connectivity index (χ4v) is 3.61. The largest absolute Gasteiger partial charge is 0.317 e. The van der Waals surface area contributed by atoms with Crippen LogP contribution in [0.25, 0.3) is 0 Å². The lowest BCUT2D eigenvalue weighted by atomic mass is 9.87. The summed E-state index contributed by atoms with van der Waals surface area (Å²) in [6, 6.07) is 1.46. The van der Waals surface area contributed by atoms with Gasteiger partial charge in [-0.15, -0.1) is 0 Å². The van der Waals surface area contributed by atoms with Crippen molar-refractivity contribution in [2.75, 3.05) is 20.1 Å². The van der Waals surface area contributed by atoms with E-state index < -0.39 is 0 Å². The van der Waals surface area contributed by atoms with E-state index in [0.29, 0.717) is 0 Å². The molecule has 3 unspecified atom stereocenters. The summed E-state index contributed by atoms with van der Waals surface area (Å²) in [5.74, 6) is 0.780. The molecule has 1 N–H and O–H groups in total. The van der Waals surface area contributed by atoms with Gasteiger partial charge in [-0.05, 0) is 45.8 Å². The van der Waals surface area contributed by atoms with Crippen LogP contribution >= 0.6 is 0 Å². The lowest BCUT2D eigenvalue weighted by molar-refractivity contribution is 0.0860. The molecule has 0 spiro atoms. The van der Waals surface area contributed by atoms with E-state index in [2.05, 4.69) is 38.0 Å². The molecular formula is C18H38N2. The molecule has 1 fully saturated rings. The van der Waals surface area contributed by atoms with Crippen molar-refractivity contribution in [3.8, 4) is 0 Å². The molecule has 0 aromatic rings. The Labute approximate surface area is 127 Å². The molecule has 120 valence electrons. The first-order chi connectivity index (χ1) is 9.70. The average Bonchev–Trinajstić information content (AvgIpc) is 2.46. The highest BCUT2D eigenvalue weighted by Gasteiger charge is 2.30. The maximum absolute atomic E-state index is 3.48. The van der Waals surface area contributed by atoms with E-state index in [9.17, 15) is 0 Å². The van der Waals surface area contributed by atoms with Crippen LogP contribution < -0.4 is 5.32 Å². The second-order valence-corrected chi connectivity index (χ2v) is 6.79. The van der Waals surface area contributed by atoms with Crippen LogP contribution in [0.2, 0.25) is 0 Å². The predicted octanol–water partition coefficient (Wildman–Crippen LogP) is 4.45. The molecule has 2 nitrogen and oxygen atoms in total. The van der Waals surface area contributed by atoms with Gasteiger partial charge in [-0.25, -0.2) is 0 Å². The van der Waals surface area contributed by atoms with E-state index in [-0.39, 0.29) is 0 Å². The molecule has 0 aromatic heterocycles. The third kappa shape index (κ3) is 6.13. The highest BCUT2D eigenvalue weighted by molar-refractivity contribution is 4.87. The summed E-state index contributed by atoms with van der Waals surface area (Å²) in [6.07, 6.45) is 12.7. The topological polar surface area (TPSA) is 15.3 Å². The number of likely N-dealkylation sites (tertiary alicyclic amines) is 1. The number of piperidine rings is 1. The molecule has 0 aromatic carbocycles. The first-order valence-corrected chi connectivity index (χ1v) is 9.12. The van der Waals surface area contributed by atoms with E-state index in [1.165, 1.54) is 70.9 Å². The SMILES string of the molecule is CCCCCCCCCCN1CCC(NC)C(C)C1C. The fraction of sp³-hybridized carbons (Fsp3) is 1.00. The highest BCUT2D eigenvalue weighted by atomic mass is 15.2. The van der Waals surface area contributed by atoms with Crippen LogP contribution in [0.3, 0.4) is 0 Å². The summed E-state index contributed by atoms with van der Waals surface area (Å²) >= 11 is 0. The maximum Gasteiger partial charge on any atom is 0.0117 e. The van der Waals surface area contributed by atoms with Gasteiger partial charge in [0.15, 0.2) is 0 Å². The molecule has 1 aliphatic rings. The second-order valence-electron chi connectivity index (χ2n) is 6.79. The number of nitrogens with zero attached hydrogens (tertiary/aromatic N) is 1. The zero-order chi connectivity index (χ0) is 14.8. The molecule has 1 heterocycles. The van der Waals surface area contributed by atoms with E-state index in [1.807, 2.05) is 0 Å². The minimum Gasteiger partial charge on any atom is -0.317 e. The van der Waals surface area contributed by atoms with Crippen molar-refractivity contribution in [3.05, 3.63) is 0 Å². The van der Waals surface area contributed by atoms with Crippen LogP contribution in [0.1, 0.15) is 78.6 Å². The Kier molecular flexibility index (Phi) is 9.54. The molecule has 2 heteroatoms. The van der Waals surface area contributed by atoms with Crippen molar-refractivity contribution in [3.63, 3.8) is 0 Å². The zero-order valence-electron chi connectivity index (χ0n) is 14.5. The van der Waals surface area contributed by atoms with Crippen molar-refractivity contribution in [1.82, 2.24) is 10.2 Å². The third-order valence-electron chi connectivity index (χ3n) is 5.37. The molecule has 0 saturated carbocycles. The van der Waals surface area contributed by atoms with E-state index in [1.54, 1.807) is 0 Å². The summed E-state index contributed by atoms with van der Waals surface area (Å²) in [6.45, 7) is 9.72. The first-order valence-electron chi connectivity index (χ1n) is 9.12. The maximum atomic E-state index is 3.48. The highest BCUT2D eigenvalue weighted by Crippen LogP contribution is 2.23. The fourth-order valence-electron chi connectivity index (χ4n) is 3.61. The lowest BCUT2D eigenvalue weighted by Crippen LogP contribution is -2.52. The molecule has 3 atom stereocenters. The minimum absolute atomic E-state index is 0.722. The van der Waals surface area contributed by atoms with Crippen molar-refractivity contribution < 1.29 is 0 Å². The quantitative estimate of drug-likeness (QED) is 0.596. The van der Waals surface area contributed by atoms with Crippen LogP contribution in [0.5, 0.6) is 0 Å². The van der Waals surface area contributed by atoms with Crippen LogP contribution in [0.15, 0.2) is 0 Å². The van der Waals surface area contributed by atoms with E-state index >= 15 is 0 Å². The molecule has 20 heavy (non-hydrogen) atoms. The van der Waals surface area contributed by atoms with Crippen LogP contribution in [-0.4, -0.2) is 37.1 Å². The van der Waals surface area contributed by atoms with Crippen LogP contribution in [0.4, 0.5) is 0 Å². The van der Waals surface area contributed by atoms with Gasteiger partial charge in [-0.3, -0.25) is 0 Å². The predicted molar refractivity (Wildman–Crippen MR) is 90.3 cm³/mol. The van der Waals surface area contributed by atoms with Crippen molar-refractivity contribution in [2.24, 2.45) is 5.92 Å². The standard InChI is InChI=1S/C18H38N2/c1-5-6-7-8-9-10-11-12-14-20-15-13-18(19-4)16(2)17(20)3/h16-19H,5-15H2,1-4H3. The normalized spacial score (nSPS) is 27.9. The average molecular weight is 283 g/mol.